The molecule has 0 aromatic heterocycles. The molecule has 0 bridgehead atoms. The van der Waals surface area contributed by atoms with E-state index in [1.807, 2.05) is 36.4 Å². The molecule has 20 heavy (non-hydrogen) atoms. The predicted octanol–water partition coefficient (Wildman–Crippen LogP) is 2.76. The first-order valence-corrected chi connectivity index (χ1v) is 6.41. The summed E-state index contributed by atoms with van der Waals surface area (Å²) in [6.07, 6.45) is -0.559. The number of hydrogen-bond donors (Lipinski definition) is 2. The van der Waals surface area contributed by atoms with Gasteiger partial charge < -0.3 is 15.2 Å². The zero-order valence-electron chi connectivity index (χ0n) is 11.2. The van der Waals surface area contributed by atoms with Crippen LogP contribution < -0.4 is 10.1 Å². The minimum Gasteiger partial charge on any atom is -0.484 e. The quantitative estimate of drug-likeness (QED) is 0.879. The van der Waals surface area contributed by atoms with Crippen molar-refractivity contribution in [3.05, 3.63) is 60.2 Å². The highest BCUT2D eigenvalue weighted by atomic mass is 16.5. The van der Waals surface area contributed by atoms with Gasteiger partial charge in [-0.15, -0.1) is 0 Å². The van der Waals surface area contributed by atoms with Crippen LogP contribution >= 0.6 is 0 Å². The van der Waals surface area contributed by atoms with E-state index in [0.717, 1.165) is 11.3 Å². The van der Waals surface area contributed by atoms with Crippen LogP contribution in [-0.4, -0.2) is 17.6 Å². The Morgan fingerprint density at radius 3 is 2.65 bits per heavy atom. The molecule has 0 unspecified atom stereocenters. The zero-order valence-corrected chi connectivity index (χ0v) is 11.2. The van der Waals surface area contributed by atoms with E-state index in [4.69, 9.17) is 4.74 Å². The maximum Gasteiger partial charge on any atom is 0.262 e. The SMILES string of the molecule is C[C@@H](O)c1cccc(OCC(=O)Nc2ccccc2)c1. The number of rotatable bonds is 5. The second-order valence-corrected chi connectivity index (χ2v) is 4.45. The van der Waals surface area contributed by atoms with E-state index in [0.29, 0.717) is 5.75 Å². The lowest BCUT2D eigenvalue weighted by atomic mass is 10.1. The molecule has 2 N–H and O–H groups in total. The van der Waals surface area contributed by atoms with Gasteiger partial charge in [-0.05, 0) is 36.8 Å². The first-order valence-electron chi connectivity index (χ1n) is 6.41. The Morgan fingerprint density at radius 2 is 1.95 bits per heavy atom. The summed E-state index contributed by atoms with van der Waals surface area (Å²) in [5, 5.41) is 12.2. The number of aliphatic hydroxyl groups is 1. The largest absolute Gasteiger partial charge is 0.484 e. The van der Waals surface area contributed by atoms with Crippen molar-refractivity contribution in [2.24, 2.45) is 0 Å². The second-order valence-electron chi connectivity index (χ2n) is 4.45. The fraction of sp³-hybridized carbons (Fsp3) is 0.188. The molecule has 2 rings (SSSR count). The predicted molar refractivity (Wildman–Crippen MR) is 77.6 cm³/mol. The van der Waals surface area contributed by atoms with E-state index in [-0.39, 0.29) is 12.5 Å². The van der Waals surface area contributed by atoms with Crippen molar-refractivity contribution in [1.29, 1.82) is 0 Å². The first kappa shape index (κ1) is 14.1. The number of ether oxygens (including phenoxy) is 1. The van der Waals surface area contributed by atoms with Gasteiger partial charge in [-0.2, -0.15) is 0 Å². The molecule has 0 fully saturated rings. The lowest BCUT2D eigenvalue weighted by Gasteiger charge is -2.10. The summed E-state index contributed by atoms with van der Waals surface area (Å²) < 4.78 is 5.41. The molecule has 0 spiro atoms. The topological polar surface area (TPSA) is 58.6 Å². The fourth-order valence-electron chi connectivity index (χ4n) is 1.73. The van der Waals surface area contributed by atoms with Gasteiger partial charge in [-0.25, -0.2) is 0 Å². The standard InChI is InChI=1S/C16H17NO3/c1-12(18)13-6-5-9-15(10-13)20-11-16(19)17-14-7-3-2-4-8-14/h2-10,12,18H,11H2,1H3,(H,17,19)/t12-/m1/s1. The average Bonchev–Trinajstić information content (AvgIpc) is 2.46. The Bertz CT molecular complexity index is 567. The molecule has 0 aliphatic rings. The van der Waals surface area contributed by atoms with Gasteiger partial charge >= 0.3 is 0 Å². The third-order valence-electron chi connectivity index (χ3n) is 2.77. The smallest absolute Gasteiger partial charge is 0.262 e. The molecule has 4 nitrogen and oxygen atoms in total. The second kappa shape index (κ2) is 6.73. The van der Waals surface area contributed by atoms with Crippen LogP contribution in [0.1, 0.15) is 18.6 Å². The summed E-state index contributed by atoms with van der Waals surface area (Å²) in [4.78, 5) is 11.7. The Kier molecular flexibility index (Phi) is 4.74. The summed E-state index contributed by atoms with van der Waals surface area (Å²) in [5.41, 5.74) is 1.49. The number of hydrogen-bond acceptors (Lipinski definition) is 3. The Hall–Kier alpha value is -2.33. The van der Waals surface area contributed by atoms with Crippen LogP contribution in [0.2, 0.25) is 0 Å². The van der Waals surface area contributed by atoms with Crippen LogP contribution in [0, 0.1) is 0 Å². The van der Waals surface area contributed by atoms with E-state index in [9.17, 15) is 9.90 Å². The van der Waals surface area contributed by atoms with Crippen LogP contribution in [-0.2, 0) is 4.79 Å². The summed E-state index contributed by atoms with van der Waals surface area (Å²) in [6, 6.07) is 16.3. The molecular formula is C16H17NO3. The van der Waals surface area contributed by atoms with Crippen LogP contribution in [0.4, 0.5) is 5.69 Å². The summed E-state index contributed by atoms with van der Waals surface area (Å²) >= 11 is 0. The van der Waals surface area contributed by atoms with Crippen molar-refractivity contribution in [3.63, 3.8) is 0 Å². The Balaban J connectivity index is 1.89. The summed E-state index contributed by atoms with van der Waals surface area (Å²) in [7, 11) is 0. The summed E-state index contributed by atoms with van der Waals surface area (Å²) in [6.45, 7) is 1.61. The van der Waals surface area contributed by atoms with Crippen molar-refractivity contribution in [2.75, 3.05) is 11.9 Å². The number of para-hydroxylation sites is 1. The molecule has 0 heterocycles. The molecule has 0 aliphatic carbocycles. The highest BCUT2D eigenvalue weighted by molar-refractivity contribution is 5.91. The molecule has 0 aliphatic heterocycles. The molecule has 1 atom stereocenters. The lowest BCUT2D eigenvalue weighted by Crippen LogP contribution is -2.20. The molecule has 0 saturated carbocycles. The molecule has 104 valence electrons. The van der Waals surface area contributed by atoms with E-state index in [2.05, 4.69) is 5.32 Å². The van der Waals surface area contributed by atoms with E-state index >= 15 is 0 Å². The van der Waals surface area contributed by atoms with Gasteiger partial charge in [-0.1, -0.05) is 30.3 Å². The average molecular weight is 271 g/mol. The van der Waals surface area contributed by atoms with Gasteiger partial charge in [0.2, 0.25) is 0 Å². The van der Waals surface area contributed by atoms with Gasteiger partial charge in [0.15, 0.2) is 6.61 Å². The highest BCUT2D eigenvalue weighted by Gasteiger charge is 2.05. The first-order chi connectivity index (χ1) is 9.65. The van der Waals surface area contributed by atoms with Crippen molar-refractivity contribution in [2.45, 2.75) is 13.0 Å². The van der Waals surface area contributed by atoms with Crippen molar-refractivity contribution in [3.8, 4) is 5.75 Å². The monoisotopic (exact) mass is 271 g/mol. The number of aliphatic hydroxyl groups excluding tert-OH is 1. The van der Waals surface area contributed by atoms with E-state index in [1.165, 1.54) is 0 Å². The number of benzene rings is 2. The van der Waals surface area contributed by atoms with Crippen molar-refractivity contribution in [1.82, 2.24) is 0 Å². The van der Waals surface area contributed by atoms with Gasteiger partial charge in [0.25, 0.3) is 5.91 Å². The van der Waals surface area contributed by atoms with Gasteiger partial charge in [0, 0.05) is 5.69 Å². The van der Waals surface area contributed by atoms with Crippen LogP contribution in [0.15, 0.2) is 54.6 Å². The molecule has 0 radical (unpaired) electrons. The van der Waals surface area contributed by atoms with Crippen LogP contribution in [0.25, 0.3) is 0 Å². The maximum atomic E-state index is 11.7. The van der Waals surface area contributed by atoms with E-state index < -0.39 is 6.10 Å². The molecule has 4 heteroatoms. The number of carbonyl (C=O) groups excluding carboxylic acids is 1. The molecule has 2 aromatic carbocycles. The number of anilines is 1. The van der Waals surface area contributed by atoms with Crippen LogP contribution in [0.3, 0.4) is 0 Å². The third kappa shape index (κ3) is 4.10. The van der Waals surface area contributed by atoms with Gasteiger partial charge in [-0.3, -0.25) is 4.79 Å². The molecule has 0 saturated heterocycles. The molecule has 1 amide bonds. The number of nitrogens with one attached hydrogen (secondary N) is 1. The Morgan fingerprint density at radius 1 is 1.20 bits per heavy atom. The lowest BCUT2D eigenvalue weighted by molar-refractivity contribution is -0.118. The fourth-order valence-corrected chi connectivity index (χ4v) is 1.73. The van der Waals surface area contributed by atoms with Gasteiger partial charge in [0.1, 0.15) is 5.75 Å². The minimum absolute atomic E-state index is 0.0713. The maximum absolute atomic E-state index is 11.7. The molecule has 2 aromatic rings. The van der Waals surface area contributed by atoms with E-state index in [1.54, 1.807) is 25.1 Å². The minimum atomic E-state index is -0.559. The third-order valence-corrected chi connectivity index (χ3v) is 2.77. The van der Waals surface area contributed by atoms with Crippen molar-refractivity contribution < 1.29 is 14.6 Å². The number of amides is 1. The zero-order chi connectivity index (χ0) is 14.4. The normalized spacial score (nSPS) is 11.7. The van der Waals surface area contributed by atoms with Crippen LogP contribution in [0.5, 0.6) is 5.75 Å². The highest BCUT2D eigenvalue weighted by Crippen LogP contribution is 2.18. The molecular weight excluding hydrogens is 254 g/mol. The number of carbonyl (C=O) groups is 1. The Labute approximate surface area is 118 Å². The van der Waals surface area contributed by atoms with Gasteiger partial charge in [0.05, 0.1) is 6.10 Å². The van der Waals surface area contributed by atoms with Crippen molar-refractivity contribution >= 4 is 11.6 Å². The summed E-state index contributed by atoms with van der Waals surface area (Å²) in [5.74, 6) is 0.338.